The molecule has 2 unspecified atom stereocenters. The number of ketones is 1. The van der Waals surface area contributed by atoms with Gasteiger partial charge in [-0.1, -0.05) is 26.0 Å². The molecule has 0 radical (unpaired) electrons. The molecule has 0 heterocycles. The molecule has 0 saturated heterocycles. The van der Waals surface area contributed by atoms with Gasteiger partial charge in [0.15, 0.2) is 5.78 Å². The van der Waals surface area contributed by atoms with E-state index in [1.807, 2.05) is 12.1 Å². The topological polar surface area (TPSA) is 17.1 Å². The number of carbonyl (C=O) groups is 1. The highest BCUT2D eigenvalue weighted by molar-refractivity contribution is 14.1. The Hall–Kier alpha value is -0.380. The fraction of sp³-hybridized carbons (Fsp3) is 0.632. The van der Waals surface area contributed by atoms with Crippen LogP contribution in [0, 0.1) is 25.7 Å². The molecule has 0 amide bonds. The van der Waals surface area contributed by atoms with Crippen molar-refractivity contribution in [1.29, 1.82) is 0 Å². The van der Waals surface area contributed by atoms with Crippen LogP contribution in [-0.2, 0) is 0 Å². The minimum atomic E-state index is -0.0598. The molecule has 4 aliphatic rings. The maximum absolute atomic E-state index is 13.3. The standard InChI is InChI=1S/C19H23IO/c1-17-7-13-8-18(2,10-17)12-19(9-13,11-17)16(21)14-3-5-15(20)6-4-14/h3-6,13H,7-12H2,1-2H3. The van der Waals surface area contributed by atoms with Crippen LogP contribution >= 0.6 is 22.6 Å². The van der Waals surface area contributed by atoms with Crippen LogP contribution in [0.15, 0.2) is 24.3 Å². The van der Waals surface area contributed by atoms with Crippen LogP contribution in [0.25, 0.3) is 0 Å². The van der Waals surface area contributed by atoms with E-state index in [2.05, 4.69) is 48.6 Å². The van der Waals surface area contributed by atoms with Gasteiger partial charge in [-0.3, -0.25) is 4.79 Å². The quantitative estimate of drug-likeness (QED) is 0.480. The fourth-order valence-corrected chi connectivity index (χ4v) is 6.97. The van der Waals surface area contributed by atoms with Gasteiger partial charge in [-0.15, -0.1) is 0 Å². The van der Waals surface area contributed by atoms with Crippen molar-refractivity contribution >= 4 is 28.4 Å². The number of rotatable bonds is 2. The average Bonchev–Trinajstić information content (AvgIpc) is 2.34. The molecule has 0 aliphatic heterocycles. The molecule has 4 fully saturated rings. The van der Waals surface area contributed by atoms with Gasteiger partial charge in [0.05, 0.1) is 0 Å². The number of Topliss-reactive ketones (excluding diaryl/α,β-unsaturated/α-hetero) is 1. The maximum atomic E-state index is 13.3. The Morgan fingerprint density at radius 2 is 1.57 bits per heavy atom. The molecule has 2 atom stereocenters. The van der Waals surface area contributed by atoms with E-state index < -0.39 is 0 Å². The molecule has 0 aromatic heterocycles. The summed E-state index contributed by atoms with van der Waals surface area (Å²) in [5.74, 6) is 1.21. The van der Waals surface area contributed by atoms with E-state index in [9.17, 15) is 4.79 Å². The van der Waals surface area contributed by atoms with Crippen LogP contribution in [0.5, 0.6) is 0 Å². The molecule has 2 heteroatoms. The molecule has 4 aliphatic carbocycles. The molecule has 0 spiro atoms. The van der Waals surface area contributed by atoms with Crippen molar-refractivity contribution in [3.8, 4) is 0 Å². The molecular weight excluding hydrogens is 371 g/mol. The molecule has 1 nitrogen and oxygen atoms in total. The zero-order chi connectivity index (χ0) is 14.9. The van der Waals surface area contributed by atoms with Crippen molar-refractivity contribution in [3.05, 3.63) is 33.4 Å². The van der Waals surface area contributed by atoms with Gasteiger partial charge in [-0.2, -0.15) is 0 Å². The Labute approximate surface area is 141 Å². The molecule has 21 heavy (non-hydrogen) atoms. The highest BCUT2D eigenvalue weighted by atomic mass is 127. The first-order chi connectivity index (χ1) is 9.82. The Kier molecular flexibility index (Phi) is 2.94. The monoisotopic (exact) mass is 394 g/mol. The van der Waals surface area contributed by atoms with Crippen molar-refractivity contribution in [3.63, 3.8) is 0 Å². The Balaban J connectivity index is 1.74. The average molecular weight is 394 g/mol. The summed E-state index contributed by atoms with van der Waals surface area (Å²) < 4.78 is 1.20. The first-order valence-corrected chi connectivity index (χ1v) is 9.20. The summed E-state index contributed by atoms with van der Waals surface area (Å²) in [4.78, 5) is 13.3. The maximum Gasteiger partial charge on any atom is 0.169 e. The van der Waals surface area contributed by atoms with E-state index in [1.165, 1.54) is 22.8 Å². The largest absolute Gasteiger partial charge is 0.294 e. The molecular formula is C19H23IO. The van der Waals surface area contributed by atoms with E-state index in [0.29, 0.717) is 16.6 Å². The lowest BCUT2D eigenvalue weighted by atomic mass is 9.39. The van der Waals surface area contributed by atoms with E-state index in [1.54, 1.807) is 0 Å². The first kappa shape index (κ1) is 14.2. The number of halogens is 1. The van der Waals surface area contributed by atoms with E-state index in [4.69, 9.17) is 0 Å². The third-order valence-corrected chi connectivity index (χ3v) is 6.93. The molecule has 5 rings (SSSR count). The third-order valence-electron chi connectivity index (χ3n) is 6.21. The Morgan fingerprint density at radius 3 is 2.10 bits per heavy atom. The molecule has 1 aromatic carbocycles. The number of benzene rings is 1. The second-order valence-corrected chi connectivity index (χ2v) is 9.99. The molecule has 112 valence electrons. The van der Waals surface area contributed by atoms with Crippen molar-refractivity contribution in [2.24, 2.45) is 22.2 Å². The summed E-state index contributed by atoms with van der Waals surface area (Å²) in [5, 5.41) is 0. The second-order valence-electron chi connectivity index (χ2n) is 8.75. The number of hydrogen-bond acceptors (Lipinski definition) is 1. The zero-order valence-electron chi connectivity index (χ0n) is 12.9. The van der Waals surface area contributed by atoms with Crippen LogP contribution in [0.3, 0.4) is 0 Å². The van der Waals surface area contributed by atoms with Gasteiger partial charge in [0, 0.05) is 14.5 Å². The lowest BCUT2D eigenvalue weighted by Gasteiger charge is -2.64. The van der Waals surface area contributed by atoms with Crippen LogP contribution < -0.4 is 0 Å². The lowest BCUT2D eigenvalue weighted by molar-refractivity contribution is -0.125. The van der Waals surface area contributed by atoms with Gasteiger partial charge in [0.2, 0.25) is 0 Å². The smallest absolute Gasteiger partial charge is 0.169 e. The summed E-state index contributed by atoms with van der Waals surface area (Å²) in [7, 11) is 0. The first-order valence-electron chi connectivity index (χ1n) is 8.12. The van der Waals surface area contributed by atoms with Gasteiger partial charge < -0.3 is 0 Å². The van der Waals surface area contributed by atoms with Crippen molar-refractivity contribution in [1.82, 2.24) is 0 Å². The van der Waals surface area contributed by atoms with E-state index in [0.717, 1.165) is 30.7 Å². The summed E-state index contributed by atoms with van der Waals surface area (Å²) in [5.41, 5.74) is 1.69. The molecule has 4 bridgehead atoms. The summed E-state index contributed by atoms with van der Waals surface area (Å²) in [6.45, 7) is 4.87. The Bertz CT molecular complexity index is 584. The van der Waals surface area contributed by atoms with Crippen LogP contribution in [0.1, 0.15) is 62.7 Å². The number of hydrogen-bond donors (Lipinski definition) is 0. The molecule has 0 N–H and O–H groups in total. The van der Waals surface area contributed by atoms with Gasteiger partial charge in [-0.05, 0) is 90.0 Å². The fourth-order valence-electron chi connectivity index (χ4n) is 6.61. The van der Waals surface area contributed by atoms with Crippen LogP contribution in [-0.4, -0.2) is 5.78 Å². The van der Waals surface area contributed by atoms with Crippen molar-refractivity contribution in [2.75, 3.05) is 0 Å². The van der Waals surface area contributed by atoms with E-state index in [-0.39, 0.29) is 5.41 Å². The van der Waals surface area contributed by atoms with Gasteiger partial charge in [0.25, 0.3) is 0 Å². The third kappa shape index (κ3) is 2.20. The van der Waals surface area contributed by atoms with Crippen LogP contribution in [0.2, 0.25) is 0 Å². The van der Waals surface area contributed by atoms with Gasteiger partial charge in [0.1, 0.15) is 0 Å². The van der Waals surface area contributed by atoms with Crippen molar-refractivity contribution < 1.29 is 4.79 Å². The van der Waals surface area contributed by atoms with Crippen molar-refractivity contribution in [2.45, 2.75) is 52.4 Å². The van der Waals surface area contributed by atoms with E-state index >= 15 is 0 Å². The molecule has 4 saturated carbocycles. The summed E-state index contributed by atoms with van der Waals surface area (Å²) in [6, 6.07) is 8.20. The minimum absolute atomic E-state index is 0.0598. The minimum Gasteiger partial charge on any atom is -0.294 e. The predicted molar refractivity (Wildman–Crippen MR) is 93.3 cm³/mol. The van der Waals surface area contributed by atoms with Gasteiger partial charge >= 0.3 is 0 Å². The molecule has 1 aromatic rings. The highest BCUT2D eigenvalue weighted by Gasteiger charge is 2.62. The highest BCUT2D eigenvalue weighted by Crippen LogP contribution is 2.70. The predicted octanol–water partition coefficient (Wildman–Crippen LogP) is 5.47. The normalized spacial score (nSPS) is 44.0. The lowest BCUT2D eigenvalue weighted by Crippen LogP contribution is -2.57. The summed E-state index contributed by atoms with van der Waals surface area (Å²) in [6.07, 6.45) is 7.42. The number of carbonyl (C=O) groups excluding carboxylic acids is 1. The summed E-state index contributed by atoms with van der Waals surface area (Å²) >= 11 is 2.31. The Morgan fingerprint density at radius 1 is 1.00 bits per heavy atom. The zero-order valence-corrected chi connectivity index (χ0v) is 15.1. The SMILES string of the molecule is CC12CC3CC(C)(C1)CC(C(=O)c1ccc(I)cc1)(C3)C2. The van der Waals surface area contributed by atoms with Crippen LogP contribution in [0.4, 0.5) is 0 Å². The van der Waals surface area contributed by atoms with Gasteiger partial charge in [-0.25, -0.2) is 0 Å². The second kappa shape index (κ2) is 4.33.